The second-order valence-electron chi connectivity index (χ2n) is 5.89. The predicted octanol–water partition coefficient (Wildman–Crippen LogP) is 3.72. The molecule has 0 aliphatic carbocycles. The zero-order valence-electron chi connectivity index (χ0n) is 13.8. The maximum Gasteiger partial charge on any atom is 0.273 e. The lowest BCUT2D eigenvalue weighted by Crippen LogP contribution is -2.11. The van der Waals surface area contributed by atoms with Gasteiger partial charge in [0.15, 0.2) is 0 Å². The third-order valence-corrected chi connectivity index (χ3v) is 3.87. The molecule has 0 radical (unpaired) electrons. The zero-order valence-corrected chi connectivity index (χ0v) is 13.8. The SMILES string of the molecule is CC(C)/C(=C/C(=O)n1nnc2ccccc21)c1ccc([N+](=O)[O-])cc1. The highest BCUT2D eigenvalue weighted by atomic mass is 16.6. The van der Waals surface area contributed by atoms with Gasteiger partial charge < -0.3 is 0 Å². The third-order valence-electron chi connectivity index (χ3n) is 3.87. The number of benzene rings is 2. The Morgan fingerprint density at radius 3 is 2.48 bits per heavy atom. The van der Waals surface area contributed by atoms with Gasteiger partial charge in [-0.3, -0.25) is 14.9 Å². The molecule has 0 unspecified atom stereocenters. The van der Waals surface area contributed by atoms with Crippen molar-refractivity contribution in [3.05, 3.63) is 70.3 Å². The number of rotatable bonds is 4. The Morgan fingerprint density at radius 2 is 1.84 bits per heavy atom. The van der Waals surface area contributed by atoms with Gasteiger partial charge in [0, 0.05) is 18.2 Å². The molecule has 0 N–H and O–H groups in total. The van der Waals surface area contributed by atoms with E-state index in [1.165, 1.54) is 22.9 Å². The van der Waals surface area contributed by atoms with Crippen LogP contribution in [0, 0.1) is 16.0 Å². The molecule has 25 heavy (non-hydrogen) atoms. The molecule has 7 nitrogen and oxygen atoms in total. The van der Waals surface area contributed by atoms with Crippen LogP contribution in [0.1, 0.15) is 24.2 Å². The lowest BCUT2D eigenvalue weighted by atomic mass is 9.94. The molecule has 3 rings (SSSR count). The van der Waals surface area contributed by atoms with Crippen molar-refractivity contribution in [1.82, 2.24) is 15.0 Å². The fourth-order valence-corrected chi connectivity index (χ4v) is 2.58. The van der Waals surface area contributed by atoms with E-state index in [0.29, 0.717) is 11.0 Å². The first-order valence-electron chi connectivity index (χ1n) is 7.78. The van der Waals surface area contributed by atoms with Crippen LogP contribution in [-0.2, 0) is 0 Å². The van der Waals surface area contributed by atoms with Crippen molar-refractivity contribution >= 4 is 28.2 Å². The summed E-state index contributed by atoms with van der Waals surface area (Å²) in [6.45, 7) is 3.92. The van der Waals surface area contributed by atoms with Crippen molar-refractivity contribution in [2.45, 2.75) is 13.8 Å². The molecular weight excluding hydrogens is 320 g/mol. The number of nitrogens with zero attached hydrogens (tertiary/aromatic N) is 4. The van der Waals surface area contributed by atoms with Crippen LogP contribution in [0.4, 0.5) is 5.69 Å². The van der Waals surface area contributed by atoms with Gasteiger partial charge in [0.1, 0.15) is 5.52 Å². The molecule has 0 aliphatic rings. The Labute approximate surface area is 143 Å². The van der Waals surface area contributed by atoms with Gasteiger partial charge in [0.05, 0.1) is 10.4 Å². The Bertz CT molecular complexity index is 971. The van der Waals surface area contributed by atoms with Gasteiger partial charge in [0.25, 0.3) is 11.6 Å². The number of hydrogen-bond acceptors (Lipinski definition) is 5. The summed E-state index contributed by atoms with van der Waals surface area (Å²) in [6, 6.07) is 13.4. The highest BCUT2D eigenvalue weighted by Crippen LogP contribution is 2.25. The van der Waals surface area contributed by atoms with Crippen molar-refractivity contribution in [1.29, 1.82) is 0 Å². The summed E-state index contributed by atoms with van der Waals surface area (Å²) in [5.74, 6) is -0.254. The third kappa shape index (κ3) is 3.30. The Kier molecular flexibility index (Phi) is 4.38. The van der Waals surface area contributed by atoms with E-state index in [1.54, 1.807) is 24.3 Å². The lowest BCUT2D eigenvalue weighted by Gasteiger charge is -2.11. The van der Waals surface area contributed by atoms with E-state index in [9.17, 15) is 14.9 Å². The topological polar surface area (TPSA) is 90.9 Å². The standard InChI is InChI=1S/C18H16N4O3/c1-12(2)15(13-7-9-14(10-8-13)22(24)25)11-18(23)21-17-6-4-3-5-16(17)19-20-21/h3-12H,1-2H3/b15-11-. The van der Waals surface area contributed by atoms with Crippen LogP contribution in [0.3, 0.4) is 0 Å². The molecule has 0 atom stereocenters. The van der Waals surface area contributed by atoms with Gasteiger partial charge in [-0.2, -0.15) is 4.68 Å². The second kappa shape index (κ2) is 6.64. The van der Waals surface area contributed by atoms with Crippen LogP contribution >= 0.6 is 0 Å². The molecule has 0 fully saturated rings. The van der Waals surface area contributed by atoms with Crippen LogP contribution in [-0.4, -0.2) is 25.8 Å². The normalized spacial score (nSPS) is 11.9. The number of para-hydroxylation sites is 1. The molecule has 0 amide bonds. The van der Waals surface area contributed by atoms with Crippen LogP contribution in [0.2, 0.25) is 0 Å². The fraction of sp³-hybridized carbons (Fsp3) is 0.167. The average Bonchev–Trinajstić information content (AvgIpc) is 3.03. The maximum absolute atomic E-state index is 12.7. The maximum atomic E-state index is 12.7. The Hall–Kier alpha value is -3.35. The molecule has 1 heterocycles. The Morgan fingerprint density at radius 1 is 1.16 bits per heavy atom. The van der Waals surface area contributed by atoms with Crippen molar-refractivity contribution < 1.29 is 9.72 Å². The summed E-state index contributed by atoms with van der Waals surface area (Å²) in [5.41, 5.74) is 2.83. The van der Waals surface area contributed by atoms with Crippen molar-refractivity contribution in [2.75, 3.05) is 0 Å². The summed E-state index contributed by atoms with van der Waals surface area (Å²) >= 11 is 0. The number of nitro groups is 1. The molecule has 2 aromatic carbocycles. The second-order valence-corrected chi connectivity index (χ2v) is 5.89. The minimum atomic E-state index is -0.449. The van der Waals surface area contributed by atoms with E-state index in [4.69, 9.17) is 0 Å². The molecule has 1 aromatic heterocycles. The Balaban J connectivity index is 1.99. The van der Waals surface area contributed by atoms with E-state index in [2.05, 4.69) is 10.3 Å². The summed E-state index contributed by atoms with van der Waals surface area (Å²) in [5, 5.41) is 18.7. The van der Waals surface area contributed by atoms with Gasteiger partial charge in [-0.15, -0.1) is 5.10 Å². The predicted molar refractivity (Wildman–Crippen MR) is 94.1 cm³/mol. The van der Waals surface area contributed by atoms with Crippen molar-refractivity contribution in [2.24, 2.45) is 5.92 Å². The fourth-order valence-electron chi connectivity index (χ4n) is 2.58. The van der Waals surface area contributed by atoms with E-state index < -0.39 is 4.92 Å². The van der Waals surface area contributed by atoms with E-state index in [0.717, 1.165) is 11.1 Å². The first-order chi connectivity index (χ1) is 12.0. The number of carbonyl (C=O) groups is 1. The number of non-ortho nitro benzene ring substituents is 1. The molecule has 0 saturated carbocycles. The van der Waals surface area contributed by atoms with E-state index in [-0.39, 0.29) is 17.5 Å². The zero-order chi connectivity index (χ0) is 18.0. The van der Waals surface area contributed by atoms with Crippen LogP contribution < -0.4 is 0 Å². The number of fused-ring (bicyclic) bond motifs is 1. The summed E-state index contributed by atoms with van der Waals surface area (Å²) in [6.07, 6.45) is 1.51. The quantitative estimate of drug-likeness (QED) is 0.411. The highest BCUT2D eigenvalue weighted by Gasteiger charge is 2.14. The molecule has 126 valence electrons. The minimum Gasteiger partial charge on any atom is -0.267 e. The van der Waals surface area contributed by atoms with Gasteiger partial charge in [-0.05, 0) is 41.3 Å². The number of nitro benzene ring substituents is 1. The molecule has 0 aliphatic heterocycles. The molecule has 0 bridgehead atoms. The molecule has 0 spiro atoms. The summed E-state index contributed by atoms with van der Waals surface area (Å²) < 4.78 is 1.25. The van der Waals surface area contributed by atoms with Gasteiger partial charge >= 0.3 is 0 Å². The van der Waals surface area contributed by atoms with Crippen LogP contribution in [0.5, 0.6) is 0 Å². The van der Waals surface area contributed by atoms with Gasteiger partial charge in [0.2, 0.25) is 0 Å². The average molecular weight is 336 g/mol. The first kappa shape index (κ1) is 16.5. The minimum absolute atomic E-state index is 0.0143. The largest absolute Gasteiger partial charge is 0.273 e. The van der Waals surface area contributed by atoms with Gasteiger partial charge in [-0.25, -0.2) is 0 Å². The van der Waals surface area contributed by atoms with Crippen LogP contribution in [0.25, 0.3) is 16.6 Å². The number of aromatic nitrogens is 3. The number of allylic oxidation sites excluding steroid dienone is 2. The molecule has 7 heteroatoms. The first-order valence-corrected chi connectivity index (χ1v) is 7.78. The monoisotopic (exact) mass is 336 g/mol. The van der Waals surface area contributed by atoms with Crippen molar-refractivity contribution in [3.63, 3.8) is 0 Å². The van der Waals surface area contributed by atoms with Crippen molar-refractivity contribution in [3.8, 4) is 0 Å². The molecule has 0 saturated heterocycles. The van der Waals surface area contributed by atoms with Crippen LogP contribution in [0.15, 0.2) is 54.6 Å². The summed E-state index contributed by atoms with van der Waals surface area (Å²) in [4.78, 5) is 23.0. The highest BCUT2D eigenvalue weighted by molar-refractivity contribution is 6.00. The smallest absolute Gasteiger partial charge is 0.267 e. The number of hydrogen-bond donors (Lipinski definition) is 0. The molecular formula is C18H16N4O3. The van der Waals surface area contributed by atoms with Gasteiger partial charge in [-0.1, -0.05) is 31.2 Å². The molecule has 3 aromatic rings. The summed E-state index contributed by atoms with van der Waals surface area (Å²) in [7, 11) is 0. The van der Waals surface area contributed by atoms with E-state index in [1.807, 2.05) is 26.0 Å². The number of carbonyl (C=O) groups excluding carboxylic acids is 1. The lowest BCUT2D eigenvalue weighted by molar-refractivity contribution is -0.384. The van der Waals surface area contributed by atoms with E-state index >= 15 is 0 Å².